The van der Waals surface area contributed by atoms with Crippen LogP contribution < -0.4 is 9.47 Å². The normalized spacial score (nSPS) is 10.5. The van der Waals surface area contributed by atoms with E-state index in [9.17, 15) is 5.26 Å². The highest BCUT2D eigenvalue weighted by Gasteiger charge is 2.14. The minimum absolute atomic E-state index is 0.421. The highest BCUT2D eigenvalue weighted by atomic mass is 32.2. The molecule has 3 aromatic rings. The van der Waals surface area contributed by atoms with E-state index in [-0.39, 0.29) is 0 Å². The average Bonchev–Trinajstić information content (AvgIpc) is 3.14. The third-order valence-corrected chi connectivity index (χ3v) is 4.83. The molecule has 0 amide bonds. The maximum absolute atomic E-state index is 9.36. The van der Waals surface area contributed by atoms with Crippen molar-refractivity contribution in [1.29, 1.82) is 5.26 Å². The lowest BCUT2D eigenvalue weighted by Gasteiger charge is -2.07. The molecular weight excluding hydrogens is 364 g/mol. The first-order valence-corrected chi connectivity index (χ1v) is 9.10. The molecule has 0 unspecified atom stereocenters. The summed E-state index contributed by atoms with van der Waals surface area (Å²) in [6.07, 6.45) is 0. The fourth-order valence-electron chi connectivity index (χ4n) is 2.58. The third kappa shape index (κ3) is 4.04. The van der Waals surface area contributed by atoms with Crippen molar-refractivity contribution in [1.82, 2.24) is 15.1 Å². The number of hydrogen-bond donors (Lipinski definition) is 0. The van der Waals surface area contributed by atoms with Gasteiger partial charge in [0.05, 0.1) is 25.5 Å². The summed E-state index contributed by atoms with van der Waals surface area (Å²) in [5, 5.41) is 14.0. The number of nitriles is 1. The van der Waals surface area contributed by atoms with Crippen LogP contribution in [-0.2, 0) is 5.75 Å². The summed E-state index contributed by atoms with van der Waals surface area (Å²) < 4.78 is 15.9. The minimum atomic E-state index is 0.421. The zero-order chi connectivity index (χ0) is 19.4. The van der Waals surface area contributed by atoms with Crippen LogP contribution in [0.15, 0.2) is 33.8 Å². The van der Waals surface area contributed by atoms with Crippen LogP contribution in [0.4, 0.5) is 0 Å². The molecule has 0 atom stereocenters. The number of benzene rings is 1. The smallest absolute Gasteiger partial charge is 0.237 e. The second-order valence-corrected chi connectivity index (χ2v) is 6.71. The summed E-state index contributed by atoms with van der Waals surface area (Å²) in [6, 6.07) is 9.52. The SMILES string of the molecule is COc1ccc(-c2noc(CSc3nc(C)cc(C)c3C#N)n2)cc1OC. The lowest BCUT2D eigenvalue weighted by molar-refractivity contribution is 0.355. The molecule has 0 radical (unpaired) electrons. The van der Waals surface area contributed by atoms with Gasteiger partial charge in [-0.3, -0.25) is 0 Å². The van der Waals surface area contributed by atoms with Gasteiger partial charge in [0, 0.05) is 11.3 Å². The van der Waals surface area contributed by atoms with E-state index < -0.39 is 0 Å². The Morgan fingerprint density at radius 3 is 2.59 bits per heavy atom. The number of pyridine rings is 1. The molecule has 1 aromatic carbocycles. The molecule has 0 N–H and O–H groups in total. The van der Waals surface area contributed by atoms with Gasteiger partial charge < -0.3 is 14.0 Å². The van der Waals surface area contributed by atoms with Crippen LogP contribution >= 0.6 is 11.8 Å². The predicted octanol–water partition coefficient (Wildman–Crippen LogP) is 3.93. The van der Waals surface area contributed by atoms with Crippen LogP contribution in [0.3, 0.4) is 0 Å². The fourth-order valence-corrected chi connectivity index (χ4v) is 3.52. The number of aryl methyl sites for hydroxylation is 2. The van der Waals surface area contributed by atoms with Crippen LogP contribution in [0, 0.1) is 25.2 Å². The van der Waals surface area contributed by atoms with Crippen molar-refractivity contribution < 1.29 is 14.0 Å². The van der Waals surface area contributed by atoms with Crippen molar-refractivity contribution >= 4 is 11.8 Å². The first-order chi connectivity index (χ1) is 13.0. The molecule has 7 nitrogen and oxygen atoms in total. The molecule has 0 saturated heterocycles. The molecule has 0 bridgehead atoms. The van der Waals surface area contributed by atoms with Gasteiger partial charge in [0.25, 0.3) is 0 Å². The van der Waals surface area contributed by atoms with Crippen LogP contribution in [0.5, 0.6) is 11.5 Å². The summed E-state index contributed by atoms with van der Waals surface area (Å²) in [4.78, 5) is 8.87. The van der Waals surface area contributed by atoms with Crippen molar-refractivity contribution in [2.75, 3.05) is 14.2 Å². The van der Waals surface area contributed by atoms with E-state index in [0.717, 1.165) is 16.8 Å². The Hall–Kier alpha value is -3.05. The second-order valence-electron chi connectivity index (χ2n) is 5.74. The zero-order valence-electron chi connectivity index (χ0n) is 15.4. The maximum Gasteiger partial charge on any atom is 0.237 e. The van der Waals surface area contributed by atoms with Crippen LogP contribution in [0.2, 0.25) is 0 Å². The summed E-state index contributed by atoms with van der Waals surface area (Å²) in [7, 11) is 3.15. The quantitative estimate of drug-likeness (QED) is 0.592. The summed E-state index contributed by atoms with van der Waals surface area (Å²) in [5.41, 5.74) is 3.11. The summed E-state index contributed by atoms with van der Waals surface area (Å²) in [5.74, 6) is 2.56. The van der Waals surface area contributed by atoms with Gasteiger partial charge in [0.2, 0.25) is 11.7 Å². The molecule has 8 heteroatoms. The lowest BCUT2D eigenvalue weighted by Crippen LogP contribution is -1.95. The standard InChI is InChI=1S/C19H18N4O3S/c1-11-7-12(2)21-19(14(11)9-20)27-10-17-22-18(23-26-17)13-5-6-15(24-3)16(8-13)25-4/h5-8H,10H2,1-4H3. The van der Waals surface area contributed by atoms with Crippen LogP contribution in [-0.4, -0.2) is 29.3 Å². The Bertz CT molecular complexity index is 1010. The van der Waals surface area contributed by atoms with E-state index in [1.807, 2.05) is 26.0 Å². The fraction of sp³-hybridized carbons (Fsp3) is 0.263. The Labute approximate surface area is 161 Å². The number of rotatable bonds is 6. The second kappa shape index (κ2) is 8.10. The van der Waals surface area contributed by atoms with Gasteiger partial charge in [-0.2, -0.15) is 10.2 Å². The molecule has 0 aliphatic carbocycles. The Kier molecular flexibility index (Phi) is 5.62. The Balaban J connectivity index is 1.79. The van der Waals surface area contributed by atoms with Gasteiger partial charge in [0.15, 0.2) is 11.5 Å². The average molecular weight is 382 g/mol. The number of hydrogen-bond acceptors (Lipinski definition) is 8. The van der Waals surface area contributed by atoms with Crippen LogP contribution in [0.1, 0.15) is 22.7 Å². The Morgan fingerprint density at radius 1 is 1.11 bits per heavy atom. The molecule has 0 aliphatic heterocycles. The molecular formula is C19H18N4O3S. The monoisotopic (exact) mass is 382 g/mol. The van der Waals surface area contributed by atoms with Crippen molar-refractivity contribution in [2.45, 2.75) is 24.6 Å². The molecule has 138 valence electrons. The summed E-state index contributed by atoms with van der Waals surface area (Å²) >= 11 is 1.40. The lowest BCUT2D eigenvalue weighted by atomic mass is 10.1. The van der Waals surface area contributed by atoms with Gasteiger partial charge in [-0.25, -0.2) is 4.98 Å². The van der Waals surface area contributed by atoms with E-state index in [1.165, 1.54) is 11.8 Å². The third-order valence-electron chi connectivity index (χ3n) is 3.87. The molecule has 0 aliphatic rings. The maximum atomic E-state index is 9.36. The van der Waals surface area contributed by atoms with Crippen molar-refractivity contribution in [2.24, 2.45) is 0 Å². The molecule has 0 fully saturated rings. The van der Waals surface area contributed by atoms with E-state index in [4.69, 9.17) is 14.0 Å². The number of methoxy groups -OCH3 is 2. The van der Waals surface area contributed by atoms with Crippen molar-refractivity contribution in [3.8, 4) is 29.0 Å². The van der Waals surface area contributed by atoms with Crippen molar-refractivity contribution in [3.05, 3.63) is 47.0 Å². The Morgan fingerprint density at radius 2 is 1.89 bits per heavy atom. The predicted molar refractivity (Wildman–Crippen MR) is 101 cm³/mol. The van der Waals surface area contributed by atoms with E-state index in [2.05, 4.69) is 21.2 Å². The number of aromatic nitrogens is 3. The first kappa shape index (κ1) is 18.7. The molecule has 2 aromatic heterocycles. The molecule has 0 saturated carbocycles. The van der Waals surface area contributed by atoms with E-state index in [1.54, 1.807) is 26.4 Å². The van der Waals surface area contributed by atoms with Gasteiger partial charge in [-0.1, -0.05) is 16.9 Å². The summed E-state index contributed by atoms with van der Waals surface area (Å²) in [6.45, 7) is 3.80. The first-order valence-electron chi connectivity index (χ1n) is 8.11. The number of ether oxygens (including phenoxy) is 2. The van der Waals surface area contributed by atoms with E-state index in [0.29, 0.717) is 39.6 Å². The van der Waals surface area contributed by atoms with Crippen molar-refractivity contribution in [3.63, 3.8) is 0 Å². The van der Waals surface area contributed by atoms with E-state index >= 15 is 0 Å². The molecule has 27 heavy (non-hydrogen) atoms. The highest BCUT2D eigenvalue weighted by Crippen LogP contribution is 2.32. The molecule has 0 spiro atoms. The van der Waals surface area contributed by atoms with Gasteiger partial charge in [-0.15, -0.1) is 0 Å². The minimum Gasteiger partial charge on any atom is -0.493 e. The van der Waals surface area contributed by atoms with Gasteiger partial charge in [-0.05, 0) is 43.7 Å². The number of thioether (sulfide) groups is 1. The largest absolute Gasteiger partial charge is 0.493 e. The highest BCUT2D eigenvalue weighted by molar-refractivity contribution is 7.98. The molecule has 2 heterocycles. The topological polar surface area (TPSA) is 94.1 Å². The number of nitrogens with zero attached hydrogens (tertiary/aromatic N) is 4. The van der Waals surface area contributed by atoms with Crippen LogP contribution in [0.25, 0.3) is 11.4 Å². The molecule has 3 rings (SSSR count). The van der Waals surface area contributed by atoms with Gasteiger partial charge >= 0.3 is 0 Å². The zero-order valence-corrected chi connectivity index (χ0v) is 16.3. The van der Waals surface area contributed by atoms with Gasteiger partial charge in [0.1, 0.15) is 11.1 Å².